The van der Waals surface area contributed by atoms with Crippen LogP contribution in [0.1, 0.15) is 17.3 Å². The van der Waals surface area contributed by atoms with Gasteiger partial charge < -0.3 is 0 Å². The summed E-state index contributed by atoms with van der Waals surface area (Å²) in [6.07, 6.45) is 2.15. The molecule has 0 saturated carbocycles. The number of rotatable bonds is 2. The van der Waals surface area contributed by atoms with Crippen LogP contribution >= 0.6 is 11.6 Å². The normalized spacial score (nSPS) is 9.80. The third-order valence-corrected chi connectivity index (χ3v) is 1.64. The van der Waals surface area contributed by atoms with Crippen LogP contribution in [0.15, 0.2) is 6.20 Å². The Morgan fingerprint density at radius 2 is 2.60 bits per heavy atom. The number of hydrogen-bond acceptors (Lipinski definition) is 2. The molecule has 0 radical (unpaired) electrons. The smallest absolute Gasteiger partial charge is 0.154 e. The van der Waals surface area contributed by atoms with Crippen molar-refractivity contribution in [3.8, 4) is 0 Å². The van der Waals surface area contributed by atoms with Crippen LogP contribution in [0.5, 0.6) is 0 Å². The summed E-state index contributed by atoms with van der Waals surface area (Å²) >= 11 is 5.69. The Morgan fingerprint density at radius 3 is 2.90 bits per heavy atom. The van der Waals surface area contributed by atoms with Crippen LogP contribution in [0, 0.1) is 0 Å². The molecule has 1 aromatic heterocycles. The van der Waals surface area contributed by atoms with Crippen LogP contribution in [0.3, 0.4) is 0 Å². The van der Waals surface area contributed by atoms with Gasteiger partial charge >= 0.3 is 0 Å². The summed E-state index contributed by atoms with van der Waals surface area (Å²) in [5.74, 6) is 0. The van der Waals surface area contributed by atoms with Gasteiger partial charge in [0.1, 0.15) is 5.15 Å². The molecule has 1 aromatic rings. The van der Waals surface area contributed by atoms with Crippen molar-refractivity contribution in [1.29, 1.82) is 0 Å². The number of aromatic nitrogens is 2. The molecule has 0 unspecified atom stereocenters. The Morgan fingerprint density at radius 1 is 1.90 bits per heavy atom. The first kappa shape index (κ1) is 7.28. The fraction of sp³-hybridized carbons (Fsp3) is 0.333. The van der Waals surface area contributed by atoms with E-state index in [9.17, 15) is 4.79 Å². The van der Waals surface area contributed by atoms with Gasteiger partial charge in [-0.15, -0.1) is 0 Å². The minimum Gasteiger partial charge on any atom is -0.298 e. The van der Waals surface area contributed by atoms with Crippen molar-refractivity contribution in [2.45, 2.75) is 13.5 Å². The van der Waals surface area contributed by atoms with E-state index in [1.807, 2.05) is 6.92 Å². The zero-order chi connectivity index (χ0) is 7.56. The van der Waals surface area contributed by atoms with Crippen molar-refractivity contribution in [3.05, 3.63) is 16.9 Å². The van der Waals surface area contributed by atoms with Crippen molar-refractivity contribution in [1.82, 2.24) is 9.78 Å². The monoisotopic (exact) mass is 158 g/mol. The average Bonchev–Trinajstić information content (AvgIpc) is 2.30. The molecule has 1 heterocycles. The first-order valence-corrected chi connectivity index (χ1v) is 3.34. The Hall–Kier alpha value is -0.830. The van der Waals surface area contributed by atoms with E-state index in [1.165, 1.54) is 6.20 Å². The molecule has 4 heteroatoms. The summed E-state index contributed by atoms with van der Waals surface area (Å²) in [6, 6.07) is 0. The molecule has 1 rings (SSSR count). The second-order valence-corrected chi connectivity index (χ2v) is 2.18. The highest BCUT2D eigenvalue weighted by molar-refractivity contribution is 6.31. The quantitative estimate of drug-likeness (QED) is 0.610. The summed E-state index contributed by atoms with van der Waals surface area (Å²) in [5.41, 5.74) is 0.448. The third kappa shape index (κ3) is 1.04. The van der Waals surface area contributed by atoms with Crippen molar-refractivity contribution in [2.24, 2.45) is 0 Å². The van der Waals surface area contributed by atoms with Gasteiger partial charge in [-0.3, -0.25) is 9.48 Å². The zero-order valence-corrected chi connectivity index (χ0v) is 6.30. The summed E-state index contributed by atoms with van der Waals surface area (Å²) in [4.78, 5) is 10.2. The first-order chi connectivity index (χ1) is 4.79. The van der Waals surface area contributed by atoms with E-state index in [2.05, 4.69) is 5.10 Å². The lowest BCUT2D eigenvalue weighted by atomic mass is 10.4. The Balaban J connectivity index is 3.08. The second kappa shape index (κ2) is 2.84. The molecular formula is C6H7ClN2O. The van der Waals surface area contributed by atoms with E-state index < -0.39 is 0 Å². The standard InChI is InChI=1S/C6H7ClN2O/c1-2-9-6(7)5(4-10)3-8-9/h3-4H,2H2,1H3. The van der Waals surface area contributed by atoms with Crippen LogP contribution in [0.25, 0.3) is 0 Å². The molecule has 0 spiro atoms. The van der Waals surface area contributed by atoms with Gasteiger partial charge in [0.25, 0.3) is 0 Å². The molecule has 0 saturated heterocycles. The highest BCUT2D eigenvalue weighted by Gasteiger charge is 2.03. The lowest BCUT2D eigenvalue weighted by Gasteiger charge is -1.94. The Labute approximate surface area is 63.6 Å². The van der Waals surface area contributed by atoms with Crippen molar-refractivity contribution >= 4 is 17.9 Å². The number of aldehydes is 1. The maximum atomic E-state index is 10.2. The molecule has 0 aromatic carbocycles. The van der Waals surface area contributed by atoms with Crippen molar-refractivity contribution < 1.29 is 4.79 Å². The van der Waals surface area contributed by atoms with Gasteiger partial charge in [-0.1, -0.05) is 11.6 Å². The van der Waals surface area contributed by atoms with E-state index in [1.54, 1.807) is 4.68 Å². The van der Waals surface area contributed by atoms with Crippen LogP contribution in [-0.2, 0) is 6.54 Å². The topological polar surface area (TPSA) is 34.9 Å². The Kier molecular flexibility index (Phi) is 2.06. The maximum Gasteiger partial charge on any atom is 0.154 e. The fourth-order valence-corrected chi connectivity index (χ4v) is 0.941. The minimum atomic E-state index is 0.414. The number of carbonyl (C=O) groups excluding carboxylic acids is 1. The highest BCUT2D eigenvalue weighted by Crippen LogP contribution is 2.11. The molecule has 0 aliphatic rings. The zero-order valence-electron chi connectivity index (χ0n) is 5.54. The third-order valence-electron chi connectivity index (χ3n) is 1.23. The predicted octanol–water partition coefficient (Wildman–Crippen LogP) is 1.37. The number of halogens is 1. The fourth-order valence-electron chi connectivity index (χ4n) is 0.684. The molecule has 0 atom stereocenters. The van der Waals surface area contributed by atoms with E-state index in [-0.39, 0.29) is 0 Å². The average molecular weight is 159 g/mol. The van der Waals surface area contributed by atoms with E-state index in [4.69, 9.17) is 11.6 Å². The predicted molar refractivity (Wildman–Crippen MR) is 38.3 cm³/mol. The van der Waals surface area contributed by atoms with Gasteiger partial charge in [0, 0.05) is 6.54 Å². The summed E-state index contributed by atoms with van der Waals surface area (Å²) in [5, 5.41) is 4.27. The SMILES string of the molecule is CCn1ncc(C=O)c1Cl. The molecule has 0 aliphatic heterocycles. The minimum absolute atomic E-state index is 0.414. The Bertz CT molecular complexity index is 244. The van der Waals surface area contributed by atoms with Gasteiger partial charge in [0.05, 0.1) is 11.8 Å². The molecule has 54 valence electrons. The molecule has 0 N–H and O–H groups in total. The van der Waals surface area contributed by atoms with Gasteiger partial charge in [-0.25, -0.2) is 0 Å². The van der Waals surface area contributed by atoms with Gasteiger partial charge in [0.2, 0.25) is 0 Å². The van der Waals surface area contributed by atoms with Crippen LogP contribution < -0.4 is 0 Å². The second-order valence-electron chi connectivity index (χ2n) is 1.82. The lowest BCUT2D eigenvalue weighted by Crippen LogP contribution is -1.95. The van der Waals surface area contributed by atoms with E-state index >= 15 is 0 Å². The van der Waals surface area contributed by atoms with Crippen molar-refractivity contribution in [3.63, 3.8) is 0 Å². The number of nitrogens with zero attached hydrogens (tertiary/aromatic N) is 2. The van der Waals surface area contributed by atoms with Gasteiger partial charge in [0.15, 0.2) is 6.29 Å². The summed E-state index contributed by atoms with van der Waals surface area (Å²) in [6.45, 7) is 2.60. The molecule has 0 fully saturated rings. The lowest BCUT2D eigenvalue weighted by molar-refractivity contribution is 0.112. The van der Waals surface area contributed by atoms with Crippen LogP contribution in [0.2, 0.25) is 5.15 Å². The first-order valence-electron chi connectivity index (χ1n) is 2.96. The number of hydrogen-bond donors (Lipinski definition) is 0. The summed E-state index contributed by atoms with van der Waals surface area (Å²) < 4.78 is 1.56. The molecule has 0 amide bonds. The largest absolute Gasteiger partial charge is 0.298 e. The maximum absolute atomic E-state index is 10.2. The van der Waals surface area contributed by atoms with Gasteiger partial charge in [-0.05, 0) is 6.92 Å². The summed E-state index contributed by atoms with van der Waals surface area (Å²) in [7, 11) is 0. The van der Waals surface area contributed by atoms with E-state index in [0.29, 0.717) is 23.5 Å². The van der Waals surface area contributed by atoms with Crippen molar-refractivity contribution in [2.75, 3.05) is 0 Å². The molecule has 3 nitrogen and oxygen atoms in total. The number of carbonyl (C=O) groups is 1. The van der Waals surface area contributed by atoms with Crippen LogP contribution in [0.4, 0.5) is 0 Å². The molecule has 10 heavy (non-hydrogen) atoms. The number of aryl methyl sites for hydroxylation is 1. The molecule has 0 aliphatic carbocycles. The van der Waals surface area contributed by atoms with E-state index in [0.717, 1.165) is 0 Å². The van der Waals surface area contributed by atoms with Crippen LogP contribution in [-0.4, -0.2) is 16.1 Å². The van der Waals surface area contributed by atoms with Gasteiger partial charge in [-0.2, -0.15) is 5.10 Å². The highest BCUT2D eigenvalue weighted by atomic mass is 35.5. The molecule has 0 bridgehead atoms. The molecular weight excluding hydrogens is 152 g/mol.